The molecular formula is C54H66F3N3O5. The summed E-state index contributed by atoms with van der Waals surface area (Å²) in [7, 11) is 0. The fourth-order valence-corrected chi connectivity index (χ4v) is 7.94. The average Bonchev–Trinajstić information content (AvgIpc) is 3.28. The van der Waals surface area contributed by atoms with Gasteiger partial charge in [0.2, 0.25) is 0 Å². The summed E-state index contributed by atoms with van der Waals surface area (Å²) in [5.74, 6) is -0.120. The molecule has 0 amide bonds. The van der Waals surface area contributed by atoms with Gasteiger partial charge in [0.05, 0.1) is 17.7 Å². The number of alkyl halides is 3. The van der Waals surface area contributed by atoms with E-state index in [4.69, 9.17) is 20.1 Å². The topological polar surface area (TPSA) is 80.5 Å². The van der Waals surface area contributed by atoms with Crippen molar-refractivity contribution in [2.45, 2.75) is 137 Å². The molecule has 8 nitrogen and oxygen atoms in total. The van der Waals surface area contributed by atoms with Crippen LogP contribution in [0.1, 0.15) is 142 Å². The Morgan fingerprint density at radius 1 is 0.569 bits per heavy atom. The average molecular weight is 894 g/mol. The molecule has 2 aromatic carbocycles. The normalized spacial score (nSPS) is 13.1. The molecule has 0 atom stereocenters. The molecule has 1 aliphatic rings. The molecule has 0 bridgehead atoms. The number of fused-ring (bicyclic) bond motifs is 2. The summed E-state index contributed by atoms with van der Waals surface area (Å²) in [5, 5.41) is 1.37. The number of nitrogens with zero attached hydrogens (tertiary/aromatic N) is 3. The van der Waals surface area contributed by atoms with Crippen molar-refractivity contribution in [2.24, 2.45) is 0 Å². The van der Waals surface area contributed by atoms with Crippen molar-refractivity contribution in [3.8, 4) is 0 Å². The van der Waals surface area contributed by atoms with Gasteiger partial charge in [0, 0.05) is 60.5 Å². The van der Waals surface area contributed by atoms with E-state index in [-0.39, 0.29) is 22.6 Å². The molecule has 348 valence electrons. The summed E-state index contributed by atoms with van der Waals surface area (Å²) < 4.78 is 59.7. The number of unbranched alkanes of at least 4 members (excludes halogenated alkanes) is 12. The van der Waals surface area contributed by atoms with Crippen LogP contribution in [0.3, 0.4) is 0 Å². The quantitative estimate of drug-likeness (QED) is 0.0353. The second-order valence-corrected chi connectivity index (χ2v) is 16.9. The Balaban J connectivity index is 1.36. The Hall–Kier alpha value is -5.76. The van der Waals surface area contributed by atoms with Crippen molar-refractivity contribution in [3.05, 3.63) is 139 Å². The third kappa shape index (κ3) is 15.2. The fraction of sp³-hybridized carbons (Fsp3) is 0.463. The van der Waals surface area contributed by atoms with Gasteiger partial charge in [0.25, 0.3) is 5.70 Å². The van der Waals surface area contributed by atoms with Crippen LogP contribution >= 0.6 is 0 Å². The van der Waals surface area contributed by atoms with Gasteiger partial charge in [-0.05, 0) is 104 Å². The van der Waals surface area contributed by atoms with Gasteiger partial charge in [-0.2, -0.15) is 13.2 Å². The number of rotatable bonds is 26. The maximum absolute atomic E-state index is 14.1. The highest BCUT2D eigenvalue weighted by Crippen LogP contribution is 2.34. The van der Waals surface area contributed by atoms with Crippen LogP contribution in [0.2, 0.25) is 0 Å². The Morgan fingerprint density at radius 3 is 1.37 bits per heavy atom. The standard InChI is InChI=1S/C54H66F3N3O5/c1-6-10-14-16-18-20-32-59(30-12-8-3)45-26-22-40-34-42(52(61)64-49(40)38-45)24-28-47-36-44(51(58-5)54(55,56)57)37-48(63-47)29-25-43-35-41-23-27-46(39-50(41)65-53(43)62)60(31-13-9-4)33-21-19-17-15-11-7-2/h22-29,34-39H,6-21,30-33H2,1-4H3/b28-24+,29-25+. The van der Waals surface area contributed by atoms with E-state index in [1.807, 2.05) is 36.4 Å². The molecule has 0 spiro atoms. The molecule has 0 fully saturated rings. The van der Waals surface area contributed by atoms with Crippen LogP contribution < -0.4 is 21.1 Å². The predicted molar refractivity (Wildman–Crippen MR) is 261 cm³/mol. The maximum atomic E-state index is 14.1. The van der Waals surface area contributed by atoms with Crippen molar-refractivity contribution < 1.29 is 26.7 Å². The first-order valence-corrected chi connectivity index (χ1v) is 23.8. The van der Waals surface area contributed by atoms with Crippen LogP contribution in [0.5, 0.6) is 0 Å². The summed E-state index contributed by atoms with van der Waals surface area (Å²) in [4.78, 5) is 34.0. The highest BCUT2D eigenvalue weighted by molar-refractivity contribution is 5.83. The van der Waals surface area contributed by atoms with Gasteiger partial charge in [0.15, 0.2) is 0 Å². The Bertz CT molecular complexity index is 2350. The van der Waals surface area contributed by atoms with Crippen LogP contribution in [0.25, 0.3) is 38.9 Å². The maximum Gasteiger partial charge on any atom is 0.420 e. The number of benzene rings is 2. The van der Waals surface area contributed by atoms with Crippen molar-refractivity contribution in [1.29, 1.82) is 0 Å². The zero-order valence-corrected chi connectivity index (χ0v) is 38.7. The van der Waals surface area contributed by atoms with E-state index in [0.717, 1.165) is 88.2 Å². The fourth-order valence-electron chi connectivity index (χ4n) is 7.94. The lowest BCUT2D eigenvalue weighted by atomic mass is 10.1. The number of hydrogen-bond acceptors (Lipinski definition) is 7. The highest BCUT2D eigenvalue weighted by Gasteiger charge is 2.37. The minimum atomic E-state index is -4.94. The van der Waals surface area contributed by atoms with E-state index in [2.05, 4.69) is 42.3 Å². The van der Waals surface area contributed by atoms with E-state index < -0.39 is 28.7 Å². The van der Waals surface area contributed by atoms with Crippen molar-refractivity contribution in [1.82, 2.24) is 0 Å². The lowest BCUT2D eigenvalue weighted by Gasteiger charge is -2.25. The van der Waals surface area contributed by atoms with Gasteiger partial charge in [-0.25, -0.2) is 14.4 Å². The van der Waals surface area contributed by atoms with Crippen molar-refractivity contribution in [3.63, 3.8) is 0 Å². The summed E-state index contributed by atoms with van der Waals surface area (Å²) in [5.41, 5.74) is 0.0512. The number of halogens is 3. The monoisotopic (exact) mass is 893 g/mol. The lowest BCUT2D eigenvalue weighted by Crippen LogP contribution is -2.25. The van der Waals surface area contributed by atoms with Crippen LogP contribution in [0, 0.1) is 6.57 Å². The van der Waals surface area contributed by atoms with E-state index >= 15 is 0 Å². The first kappa shape index (κ1) is 50.2. The van der Waals surface area contributed by atoms with Gasteiger partial charge in [-0.1, -0.05) is 105 Å². The number of ether oxygens (including phenoxy) is 1. The molecule has 0 N–H and O–H groups in total. The van der Waals surface area contributed by atoms with Crippen LogP contribution in [0.15, 0.2) is 114 Å². The summed E-state index contributed by atoms with van der Waals surface area (Å²) in [6.07, 6.45) is 21.4. The second kappa shape index (κ2) is 25.7. The summed E-state index contributed by atoms with van der Waals surface area (Å²) in [6, 6.07) is 15.0. The van der Waals surface area contributed by atoms with Crippen molar-refractivity contribution >= 4 is 45.5 Å². The van der Waals surface area contributed by atoms with Crippen LogP contribution in [-0.2, 0) is 4.74 Å². The smallest absolute Gasteiger partial charge is 0.420 e. The molecule has 0 radical (unpaired) electrons. The lowest BCUT2D eigenvalue weighted by molar-refractivity contribution is -0.0889. The Labute approximate surface area is 382 Å². The molecular weight excluding hydrogens is 828 g/mol. The van der Waals surface area contributed by atoms with Gasteiger partial charge >= 0.3 is 17.4 Å². The third-order valence-corrected chi connectivity index (χ3v) is 11.7. The van der Waals surface area contributed by atoms with E-state index in [1.54, 1.807) is 12.1 Å². The SMILES string of the molecule is [C-]#[N+]C(=C1C=C(/C=C/c2cc3ccc(N(CCCC)CCCCCCCC)cc3oc2=O)OC(/C=C/c2cc3ccc(N(CCCC)CCCCCCCC)cc3oc2=O)=C1)C(F)(F)F. The largest absolute Gasteiger partial charge is 0.457 e. The molecule has 65 heavy (non-hydrogen) atoms. The van der Waals surface area contributed by atoms with E-state index in [0.29, 0.717) is 21.9 Å². The molecule has 4 aromatic rings. The van der Waals surface area contributed by atoms with Crippen molar-refractivity contribution in [2.75, 3.05) is 36.0 Å². The first-order valence-electron chi connectivity index (χ1n) is 23.8. The molecule has 5 rings (SSSR count). The number of anilines is 2. The van der Waals surface area contributed by atoms with E-state index in [9.17, 15) is 22.8 Å². The van der Waals surface area contributed by atoms with Gasteiger partial charge < -0.3 is 23.4 Å². The second-order valence-electron chi connectivity index (χ2n) is 16.9. The number of allylic oxidation sites excluding steroid dienone is 6. The minimum Gasteiger partial charge on any atom is -0.457 e. The minimum absolute atomic E-state index is 0.0599. The van der Waals surface area contributed by atoms with Gasteiger partial charge in [-0.15, -0.1) is 0 Å². The first-order chi connectivity index (χ1) is 31.5. The zero-order valence-electron chi connectivity index (χ0n) is 38.7. The third-order valence-electron chi connectivity index (χ3n) is 11.7. The molecule has 0 saturated carbocycles. The Morgan fingerprint density at radius 2 is 0.969 bits per heavy atom. The van der Waals surface area contributed by atoms with Gasteiger partial charge in [-0.3, -0.25) is 0 Å². The summed E-state index contributed by atoms with van der Waals surface area (Å²) in [6.45, 7) is 19.7. The van der Waals surface area contributed by atoms with E-state index in [1.165, 1.54) is 88.5 Å². The molecule has 1 aliphatic heterocycles. The highest BCUT2D eigenvalue weighted by atomic mass is 19.4. The Kier molecular flexibility index (Phi) is 19.8. The van der Waals surface area contributed by atoms with Crippen LogP contribution in [-0.4, -0.2) is 32.4 Å². The summed E-state index contributed by atoms with van der Waals surface area (Å²) >= 11 is 0. The zero-order chi connectivity index (χ0) is 46.6. The molecule has 3 heterocycles. The predicted octanol–water partition coefficient (Wildman–Crippen LogP) is 15.1. The molecule has 11 heteroatoms. The molecule has 0 unspecified atom stereocenters. The number of hydrogen-bond donors (Lipinski definition) is 0. The van der Waals surface area contributed by atoms with Gasteiger partial charge in [0.1, 0.15) is 22.7 Å². The molecule has 0 aliphatic carbocycles. The molecule has 0 saturated heterocycles. The van der Waals surface area contributed by atoms with Crippen LogP contribution in [0.4, 0.5) is 24.5 Å². The molecule has 2 aromatic heterocycles.